The molecular formula is C21H27N3O5S. The summed E-state index contributed by atoms with van der Waals surface area (Å²) in [6.07, 6.45) is 2.54. The molecule has 1 saturated heterocycles. The molecule has 162 valence electrons. The van der Waals surface area contributed by atoms with Gasteiger partial charge in [0.2, 0.25) is 10.0 Å². The highest BCUT2D eigenvalue weighted by atomic mass is 32.2. The van der Waals surface area contributed by atoms with Gasteiger partial charge in [0.05, 0.1) is 23.6 Å². The second-order valence-corrected chi connectivity index (χ2v) is 9.12. The van der Waals surface area contributed by atoms with Gasteiger partial charge in [-0.2, -0.15) is 0 Å². The molecule has 2 heterocycles. The summed E-state index contributed by atoms with van der Waals surface area (Å²) in [5.74, 6) is -0.313. The van der Waals surface area contributed by atoms with E-state index < -0.39 is 16.1 Å². The van der Waals surface area contributed by atoms with Crippen LogP contribution >= 0.6 is 0 Å². The van der Waals surface area contributed by atoms with Crippen molar-refractivity contribution >= 4 is 15.9 Å². The Bertz CT molecular complexity index is 935. The van der Waals surface area contributed by atoms with E-state index in [1.807, 2.05) is 6.92 Å². The maximum absolute atomic E-state index is 12.4. The smallest absolute Gasteiger partial charge is 0.270 e. The molecule has 3 atom stereocenters. The fourth-order valence-corrected chi connectivity index (χ4v) is 4.45. The lowest BCUT2D eigenvalue weighted by atomic mass is 9.97. The Hall–Kier alpha value is -2.33. The molecule has 0 aliphatic carbocycles. The molecule has 1 aromatic carbocycles. The predicted octanol–water partition coefficient (Wildman–Crippen LogP) is 1.40. The molecule has 3 N–H and O–H groups in total. The van der Waals surface area contributed by atoms with Gasteiger partial charge in [0, 0.05) is 12.7 Å². The summed E-state index contributed by atoms with van der Waals surface area (Å²) < 4.78 is 33.2. The molecule has 3 rings (SSSR count). The fraction of sp³-hybridized carbons (Fsp3) is 0.429. The number of amides is 1. The highest BCUT2D eigenvalue weighted by molar-refractivity contribution is 7.89. The van der Waals surface area contributed by atoms with Gasteiger partial charge in [-0.1, -0.05) is 23.8 Å². The van der Waals surface area contributed by atoms with Crippen molar-refractivity contribution in [3.63, 3.8) is 0 Å². The van der Waals surface area contributed by atoms with Crippen LogP contribution in [0.25, 0.3) is 0 Å². The molecule has 0 saturated carbocycles. The van der Waals surface area contributed by atoms with Crippen LogP contribution in [0.3, 0.4) is 0 Å². The van der Waals surface area contributed by atoms with E-state index in [0.29, 0.717) is 25.0 Å². The molecule has 1 aliphatic heterocycles. The van der Waals surface area contributed by atoms with Crippen molar-refractivity contribution in [2.45, 2.75) is 49.3 Å². The first kappa shape index (κ1) is 22.4. The summed E-state index contributed by atoms with van der Waals surface area (Å²) >= 11 is 0. The minimum Gasteiger partial charge on any atom is -0.394 e. The van der Waals surface area contributed by atoms with Gasteiger partial charge in [-0.3, -0.25) is 9.78 Å². The van der Waals surface area contributed by atoms with Gasteiger partial charge < -0.3 is 15.2 Å². The third-order valence-corrected chi connectivity index (χ3v) is 6.58. The van der Waals surface area contributed by atoms with Crippen molar-refractivity contribution in [2.24, 2.45) is 0 Å². The number of rotatable bonds is 8. The Morgan fingerprint density at radius 1 is 1.20 bits per heavy atom. The van der Waals surface area contributed by atoms with Crippen LogP contribution in [-0.2, 0) is 14.8 Å². The third kappa shape index (κ3) is 5.85. The Morgan fingerprint density at radius 2 is 1.97 bits per heavy atom. The van der Waals surface area contributed by atoms with E-state index in [0.717, 1.165) is 5.56 Å². The average molecular weight is 434 g/mol. The number of nitrogens with one attached hydrogen (secondary N) is 2. The number of benzene rings is 1. The van der Waals surface area contributed by atoms with Gasteiger partial charge >= 0.3 is 0 Å². The van der Waals surface area contributed by atoms with E-state index in [1.54, 1.807) is 48.7 Å². The number of sulfonamides is 1. The maximum Gasteiger partial charge on any atom is 0.270 e. The van der Waals surface area contributed by atoms with Crippen LogP contribution < -0.4 is 10.0 Å². The normalized spacial score (nSPS) is 21.9. The number of pyridine rings is 1. The lowest BCUT2D eigenvalue weighted by molar-refractivity contribution is -0.0891. The van der Waals surface area contributed by atoms with Crippen molar-refractivity contribution in [1.82, 2.24) is 15.0 Å². The van der Waals surface area contributed by atoms with Crippen LogP contribution in [0.2, 0.25) is 0 Å². The van der Waals surface area contributed by atoms with Crippen molar-refractivity contribution < 1.29 is 23.1 Å². The van der Waals surface area contributed by atoms with Crippen LogP contribution in [-0.4, -0.2) is 55.8 Å². The molecule has 0 radical (unpaired) electrons. The number of hydrogen-bond donors (Lipinski definition) is 3. The zero-order valence-corrected chi connectivity index (χ0v) is 17.6. The Morgan fingerprint density at radius 3 is 2.63 bits per heavy atom. The number of carbonyl (C=O) groups is 1. The standard InChI is InChI=1S/C21H27N3O5S/c1-15-5-8-17(9-6-15)30(27,28)23-13-11-16-7-10-18(20(14-25)29-16)24-21(26)19-4-2-3-12-22-19/h2-6,8-9,12,16,18,20,23,25H,7,10-11,13-14H2,1H3,(H,24,26)/t16-,18+,20-/m0/s1. The van der Waals surface area contributed by atoms with Crippen molar-refractivity contribution in [3.8, 4) is 0 Å². The molecule has 0 spiro atoms. The van der Waals surface area contributed by atoms with E-state index in [1.165, 1.54) is 0 Å². The van der Waals surface area contributed by atoms with Gasteiger partial charge in [-0.05, 0) is 50.5 Å². The molecule has 2 aromatic rings. The summed E-state index contributed by atoms with van der Waals surface area (Å²) in [5, 5.41) is 12.6. The molecule has 30 heavy (non-hydrogen) atoms. The number of aliphatic hydroxyl groups is 1. The number of nitrogens with zero attached hydrogens (tertiary/aromatic N) is 1. The third-order valence-electron chi connectivity index (χ3n) is 5.10. The van der Waals surface area contributed by atoms with E-state index in [4.69, 9.17) is 4.74 Å². The minimum atomic E-state index is -3.57. The summed E-state index contributed by atoms with van der Waals surface area (Å²) in [5.41, 5.74) is 1.30. The van der Waals surface area contributed by atoms with Gasteiger partial charge in [-0.25, -0.2) is 13.1 Å². The van der Waals surface area contributed by atoms with Gasteiger partial charge in [0.25, 0.3) is 5.91 Å². The van der Waals surface area contributed by atoms with Crippen molar-refractivity contribution in [3.05, 3.63) is 59.9 Å². The van der Waals surface area contributed by atoms with E-state index in [-0.39, 0.29) is 36.1 Å². The quantitative estimate of drug-likeness (QED) is 0.579. The average Bonchev–Trinajstić information content (AvgIpc) is 2.75. The zero-order valence-electron chi connectivity index (χ0n) is 16.8. The fourth-order valence-electron chi connectivity index (χ4n) is 3.40. The molecule has 0 bridgehead atoms. The Balaban J connectivity index is 1.49. The highest BCUT2D eigenvalue weighted by Crippen LogP contribution is 2.22. The molecule has 1 fully saturated rings. The van der Waals surface area contributed by atoms with Crippen molar-refractivity contribution in [1.29, 1.82) is 0 Å². The van der Waals surface area contributed by atoms with Crippen LogP contribution in [0.4, 0.5) is 0 Å². The van der Waals surface area contributed by atoms with E-state index in [2.05, 4.69) is 15.0 Å². The topological polar surface area (TPSA) is 118 Å². The molecule has 1 aliphatic rings. The van der Waals surface area contributed by atoms with E-state index >= 15 is 0 Å². The van der Waals surface area contributed by atoms with Gasteiger partial charge in [0.1, 0.15) is 11.8 Å². The first-order valence-corrected chi connectivity index (χ1v) is 11.4. The lowest BCUT2D eigenvalue weighted by Gasteiger charge is -2.36. The number of hydrogen-bond acceptors (Lipinski definition) is 6. The summed E-state index contributed by atoms with van der Waals surface area (Å²) in [6, 6.07) is 11.4. The Labute approximate surface area is 176 Å². The second-order valence-electron chi connectivity index (χ2n) is 7.35. The number of aromatic nitrogens is 1. The molecular weight excluding hydrogens is 406 g/mol. The first-order chi connectivity index (χ1) is 14.4. The summed E-state index contributed by atoms with van der Waals surface area (Å²) in [6.45, 7) is 1.89. The Kier molecular flexibility index (Phi) is 7.54. The minimum absolute atomic E-state index is 0.203. The predicted molar refractivity (Wildman–Crippen MR) is 111 cm³/mol. The van der Waals surface area contributed by atoms with Gasteiger partial charge in [0.15, 0.2) is 0 Å². The largest absolute Gasteiger partial charge is 0.394 e. The summed E-state index contributed by atoms with van der Waals surface area (Å²) in [7, 11) is -3.57. The summed E-state index contributed by atoms with van der Waals surface area (Å²) in [4.78, 5) is 16.6. The highest BCUT2D eigenvalue weighted by Gasteiger charge is 2.32. The van der Waals surface area contributed by atoms with Crippen LogP contribution in [0.5, 0.6) is 0 Å². The van der Waals surface area contributed by atoms with Gasteiger partial charge in [-0.15, -0.1) is 0 Å². The molecule has 9 heteroatoms. The number of ether oxygens (including phenoxy) is 1. The first-order valence-electron chi connectivity index (χ1n) is 9.93. The molecule has 8 nitrogen and oxygen atoms in total. The number of aliphatic hydroxyl groups excluding tert-OH is 1. The molecule has 0 unspecified atom stereocenters. The number of carbonyl (C=O) groups excluding carboxylic acids is 1. The molecule has 1 amide bonds. The van der Waals surface area contributed by atoms with Crippen LogP contribution in [0, 0.1) is 6.92 Å². The second kappa shape index (κ2) is 10.1. The number of aryl methyl sites for hydroxylation is 1. The monoisotopic (exact) mass is 433 g/mol. The molecule has 1 aromatic heterocycles. The zero-order chi connectivity index (χ0) is 21.6. The van der Waals surface area contributed by atoms with Crippen LogP contribution in [0.1, 0.15) is 35.3 Å². The maximum atomic E-state index is 12.4. The lowest BCUT2D eigenvalue weighted by Crippen LogP contribution is -2.51. The van der Waals surface area contributed by atoms with Crippen LogP contribution in [0.15, 0.2) is 53.6 Å². The van der Waals surface area contributed by atoms with E-state index in [9.17, 15) is 18.3 Å². The van der Waals surface area contributed by atoms with Crippen molar-refractivity contribution in [2.75, 3.05) is 13.2 Å². The SMILES string of the molecule is Cc1ccc(S(=O)(=O)NCC[C@@H]2CC[C@@H](NC(=O)c3ccccn3)[C@H](CO)O2)cc1.